The number of carbonyl (C=O) groups excluding carboxylic acids is 1. The molecule has 0 N–H and O–H groups in total. The van der Waals surface area contributed by atoms with Crippen LogP contribution in [0.2, 0.25) is 0 Å². The van der Waals surface area contributed by atoms with Gasteiger partial charge in [-0.15, -0.1) is 0 Å². The predicted octanol–water partition coefficient (Wildman–Crippen LogP) is 1.94. The first kappa shape index (κ1) is 18.9. The van der Waals surface area contributed by atoms with Crippen molar-refractivity contribution in [2.75, 3.05) is 6.26 Å². The van der Waals surface area contributed by atoms with E-state index in [4.69, 9.17) is 0 Å². The third-order valence-corrected chi connectivity index (χ3v) is 4.09. The molecule has 0 spiro atoms. The van der Waals surface area contributed by atoms with Crippen molar-refractivity contribution in [1.82, 2.24) is 24.3 Å². The van der Waals surface area contributed by atoms with Crippen molar-refractivity contribution in [3.8, 4) is 0 Å². The van der Waals surface area contributed by atoms with Gasteiger partial charge in [0.2, 0.25) is 6.41 Å². The largest absolute Gasteiger partial charge is 0.278 e. The average molecular weight is 362 g/mol. The molecular formula is C16H22N6O2S. The molecule has 0 aliphatic rings. The molecule has 0 saturated heterocycles. The van der Waals surface area contributed by atoms with Crippen LogP contribution in [-0.4, -0.2) is 48.9 Å². The lowest BCUT2D eigenvalue weighted by Gasteiger charge is -2.18. The summed E-state index contributed by atoms with van der Waals surface area (Å²) in [4.78, 5) is 32.7. The van der Waals surface area contributed by atoms with Crippen LogP contribution in [0.15, 0.2) is 33.4 Å². The van der Waals surface area contributed by atoms with Crippen molar-refractivity contribution in [2.45, 2.75) is 45.4 Å². The van der Waals surface area contributed by atoms with Gasteiger partial charge in [-0.3, -0.25) is 9.59 Å². The quantitative estimate of drug-likeness (QED) is 0.196. The first-order chi connectivity index (χ1) is 12.0. The molecular weight excluding hydrogens is 340 g/mol. The number of carbonyl (C=O) groups is 1. The standard InChI is InChI=1S/C16H22N6O2S/c1-6-8-13(19-20(10-23)11(3)4)22-14-12(15(24)21(22)7-2)9-17-16(18-14)25-5/h6,8-11H,7H2,1-5H3/b8-6-,19-13+. The third kappa shape index (κ3) is 3.65. The van der Waals surface area contributed by atoms with E-state index in [0.717, 1.165) is 0 Å². The third-order valence-electron chi connectivity index (χ3n) is 3.52. The second-order valence-electron chi connectivity index (χ2n) is 5.46. The Bertz CT molecular complexity index is 881. The highest BCUT2D eigenvalue weighted by molar-refractivity contribution is 7.98. The van der Waals surface area contributed by atoms with E-state index >= 15 is 0 Å². The summed E-state index contributed by atoms with van der Waals surface area (Å²) >= 11 is 1.39. The lowest BCUT2D eigenvalue weighted by Crippen LogP contribution is -2.31. The van der Waals surface area contributed by atoms with Gasteiger partial charge in [0.25, 0.3) is 5.56 Å². The van der Waals surface area contributed by atoms with Gasteiger partial charge in [-0.2, -0.15) is 5.10 Å². The van der Waals surface area contributed by atoms with E-state index in [1.807, 2.05) is 34.0 Å². The van der Waals surface area contributed by atoms with Gasteiger partial charge in [0, 0.05) is 18.8 Å². The normalized spacial score (nSPS) is 12.5. The zero-order valence-corrected chi connectivity index (χ0v) is 15.8. The Kier molecular flexibility index (Phi) is 6.13. The van der Waals surface area contributed by atoms with Crippen molar-refractivity contribution in [2.24, 2.45) is 5.10 Å². The van der Waals surface area contributed by atoms with Crippen LogP contribution in [0, 0.1) is 0 Å². The van der Waals surface area contributed by atoms with Crippen molar-refractivity contribution >= 4 is 35.0 Å². The minimum atomic E-state index is -0.190. The fraction of sp³-hybridized carbons (Fsp3) is 0.438. The number of thioether (sulfide) groups is 1. The molecule has 8 nitrogen and oxygen atoms in total. The molecule has 0 saturated carbocycles. The summed E-state index contributed by atoms with van der Waals surface area (Å²) in [5.74, 6) is 0.433. The van der Waals surface area contributed by atoms with Crippen LogP contribution < -0.4 is 5.56 Å². The Balaban J connectivity index is 2.84. The number of fused-ring (bicyclic) bond motifs is 1. The molecule has 0 radical (unpaired) electrons. The number of hydrogen-bond acceptors (Lipinski definition) is 6. The SMILES string of the molecule is C/C=C\C(=N/N(C=O)C(C)C)n1c2nc(SC)ncc2c(=O)n1CC. The molecule has 2 heterocycles. The molecule has 134 valence electrons. The van der Waals surface area contributed by atoms with Gasteiger partial charge < -0.3 is 0 Å². The van der Waals surface area contributed by atoms with Crippen molar-refractivity contribution in [3.05, 3.63) is 28.7 Å². The Morgan fingerprint density at radius 1 is 1.48 bits per heavy atom. The van der Waals surface area contributed by atoms with E-state index < -0.39 is 0 Å². The van der Waals surface area contributed by atoms with Crippen LogP contribution in [0.3, 0.4) is 0 Å². The maximum Gasteiger partial charge on any atom is 0.278 e. The summed E-state index contributed by atoms with van der Waals surface area (Å²) in [5.41, 5.74) is 0.280. The van der Waals surface area contributed by atoms with Crippen molar-refractivity contribution in [3.63, 3.8) is 0 Å². The van der Waals surface area contributed by atoms with Gasteiger partial charge in [-0.25, -0.2) is 24.3 Å². The summed E-state index contributed by atoms with van der Waals surface area (Å²) < 4.78 is 3.17. The van der Waals surface area contributed by atoms with E-state index in [9.17, 15) is 9.59 Å². The van der Waals surface area contributed by atoms with Crippen molar-refractivity contribution in [1.29, 1.82) is 0 Å². The fourth-order valence-corrected chi connectivity index (χ4v) is 2.64. The number of allylic oxidation sites excluding steroid dienone is 2. The second-order valence-corrected chi connectivity index (χ2v) is 6.24. The summed E-state index contributed by atoms with van der Waals surface area (Å²) in [6.07, 6.45) is 7.61. The molecule has 0 bridgehead atoms. The maximum absolute atomic E-state index is 12.7. The lowest BCUT2D eigenvalue weighted by molar-refractivity contribution is -0.119. The summed E-state index contributed by atoms with van der Waals surface area (Å²) in [6.45, 7) is 7.87. The maximum atomic E-state index is 12.7. The molecule has 2 rings (SSSR count). The van der Waals surface area contributed by atoms with Crippen LogP contribution >= 0.6 is 11.8 Å². The second kappa shape index (κ2) is 8.11. The molecule has 0 aliphatic heterocycles. The van der Waals surface area contributed by atoms with Crippen LogP contribution in [0.5, 0.6) is 0 Å². The van der Waals surface area contributed by atoms with Gasteiger partial charge in [0.15, 0.2) is 16.6 Å². The highest BCUT2D eigenvalue weighted by Crippen LogP contribution is 2.14. The van der Waals surface area contributed by atoms with Crippen LogP contribution in [0.1, 0.15) is 27.7 Å². The summed E-state index contributed by atoms with van der Waals surface area (Å²) in [6, 6.07) is -0.113. The van der Waals surface area contributed by atoms with E-state index in [0.29, 0.717) is 35.0 Å². The van der Waals surface area contributed by atoms with E-state index in [-0.39, 0.29) is 11.6 Å². The number of hydrazone groups is 1. The Morgan fingerprint density at radius 3 is 2.72 bits per heavy atom. The molecule has 1 amide bonds. The Hall–Kier alpha value is -2.42. The number of hydrogen-bond donors (Lipinski definition) is 0. The lowest BCUT2D eigenvalue weighted by atomic mass is 10.4. The molecule has 0 aliphatic carbocycles. The zero-order valence-electron chi connectivity index (χ0n) is 15.0. The molecule has 2 aromatic rings. The monoisotopic (exact) mass is 362 g/mol. The summed E-state index contributed by atoms with van der Waals surface area (Å²) in [7, 11) is 0. The van der Waals surface area contributed by atoms with Gasteiger partial charge in [0.05, 0.1) is 0 Å². The van der Waals surface area contributed by atoms with E-state index in [1.54, 1.807) is 16.8 Å². The zero-order chi connectivity index (χ0) is 18.6. The topological polar surface area (TPSA) is 85.4 Å². The van der Waals surface area contributed by atoms with Crippen LogP contribution in [0.4, 0.5) is 0 Å². The molecule has 0 unspecified atom stereocenters. The Morgan fingerprint density at radius 2 is 2.20 bits per heavy atom. The predicted molar refractivity (Wildman–Crippen MR) is 99.9 cm³/mol. The number of aromatic nitrogens is 4. The van der Waals surface area contributed by atoms with Crippen LogP contribution in [-0.2, 0) is 11.3 Å². The molecule has 0 aromatic carbocycles. The smallest absolute Gasteiger partial charge is 0.277 e. The van der Waals surface area contributed by atoms with E-state index in [1.165, 1.54) is 27.6 Å². The van der Waals surface area contributed by atoms with Gasteiger partial charge in [-0.1, -0.05) is 17.8 Å². The van der Waals surface area contributed by atoms with Gasteiger partial charge in [0.1, 0.15) is 5.39 Å². The van der Waals surface area contributed by atoms with Crippen LogP contribution in [0.25, 0.3) is 11.0 Å². The minimum absolute atomic E-state index is 0.113. The highest BCUT2D eigenvalue weighted by Gasteiger charge is 2.19. The minimum Gasteiger partial charge on any atom is -0.277 e. The Labute approximate surface area is 150 Å². The molecule has 25 heavy (non-hydrogen) atoms. The number of nitrogens with zero attached hydrogens (tertiary/aromatic N) is 6. The first-order valence-corrected chi connectivity index (χ1v) is 9.18. The highest BCUT2D eigenvalue weighted by atomic mass is 32.2. The number of rotatable bonds is 6. The molecule has 0 fully saturated rings. The van der Waals surface area contributed by atoms with Crippen molar-refractivity contribution < 1.29 is 4.79 Å². The average Bonchev–Trinajstić information content (AvgIpc) is 2.89. The van der Waals surface area contributed by atoms with Gasteiger partial charge >= 0.3 is 0 Å². The van der Waals surface area contributed by atoms with E-state index in [2.05, 4.69) is 15.1 Å². The summed E-state index contributed by atoms with van der Waals surface area (Å²) in [5, 5.41) is 6.70. The molecule has 2 aromatic heterocycles. The fourth-order valence-electron chi connectivity index (χ4n) is 2.30. The first-order valence-electron chi connectivity index (χ1n) is 7.96. The number of amides is 1. The molecule has 0 atom stereocenters. The van der Waals surface area contributed by atoms with Gasteiger partial charge in [-0.05, 0) is 40.0 Å². The molecule has 9 heteroatoms.